The van der Waals surface area contributed by atoms with Gasteiger partial charge in [-0.3, -0.25) is 9.69 Å². The second-order valence-electron chi connectivity index (χ2n) is 6.61. The van der Waals surface area contributed by atoms with Crippen molar-refractivity contribution in [2.45, 2.75) is 32.2 Å². The molecule has 0 bridgehead atoms. The van der Waals surface area contributed by atoms with Gasteiger partial charge in [-0.2, -0.15) is 0 Å². The van der Waals surface area contributed by atoms with E-state index in [0.29, 0.717) is 12.6 Å². The highest BCUT2D eigenvalue weighted by Gasteiger charge is 2.27. The molecule has 2 atom stereocenters. The Labute approximate surface area is 129 Å². The zero-order valence-electron chi connectivity index (χ0n) is 13.9. The first-order chi connectivity index (χ1) is 10.1. The lowest BCUT2D eigenvalue weighted by molar-refractivity contribution is -0.138. The molecular formula is C16H31N3O2. The zero-order chi connectivity index (χ0) is 15.2. The molecule has 0 aliphatic carbocycles. The highest BCUT2D eigenvalue weighted by atomic mass is 16.5. The predicted octanol–water partition coefficient (Wildman–Crippen LogP) is 0.897. The quantitative estimate of drug-likeness (QED) is 0.755. The lowest BCUT2D eigenvalue weighted by Gasteiger charge is -2.40. The Balaban J connectivity index is 1.74. The molecule has 0 unspecified atom stereocenters. The number of amides is 1. The van der Waals surface area contributed by atoms with Gasteiger partial charge in [0.1, 0.15) is 0 Å². The molecule has 2 heterocycles. The number of ether oxygens (including phenoxy) is 1. The number of carbonyl (C=O) groups is 1. The van der Waals surface area contributed by atoms with Crippen molar-refractivity contribution >= 4 is 5.91 Å². The predicted molar refractivity (Wildman–Crippen MR) is 84.3 cm³/mol. The van der Waals surface area contributed by atoms with Crippen molar-refractivity contribution in [3.05, 3.63) is 0 Å². The number of methoxy groups -OCH3 is 1. The van der Waals surface area contributed by atoms with Gasteiger partial charge in [0.15, 0.2) is 0 Å². The van der Waals surface area contributed by atoms with E-state index in [4.69, 9.17) is 4.74 Å². The van der Waals surface area contributed by atoms with Crippen LogP contribution >= 0.6 is 0 Å². The van der Waals surface area contributed by atoms with E-state index >= 15 is 0 Å². The molecule has 5 heteroatoms. The van der Waals surface area contributed by atoms with Crippen LogP contribution in [0.25, 0.3) is 0 Å². The molecule has 0 saturated carbocycles. The van der Waals surface area contributed by atoms with Gasteiger partial charge in [-0.1, -0.05) is 13.3 Å². The van der Waals surface area contributed by atoms with E-state index in [0.717, 1.165) is 32.7 Å². The average Bonchev–Trinajstić information content (AvgIpc) is 2.50. The highest BCUT2D eigenvalue weighted by Crippen LogP contribution is 2.17. The fourth-order valence-electron chi connectivity index (χ4n) is 3.46. The minimum atomic E-state index is -0.0222. The Kier molecular flexibility index (Phi) is 6.45. The Morgan fingerprint density at radius 2 is 1.90 bits per heavy atom. The second-order valence-corrected chi connectivity index (χ2v) is 6.61. The molecule has 0 spiro atoms. The Hall–Kier alpha value is -0.650. The third-order valence-corrected chi connectivity index (χ3v) is 4.91. The van der Waals surface area contributed by atoms with Crippen molar-refractivity contribution < 1.29 is 9.53 Å². The van der Waals surface area contributed by atoms with Gasteiger partial charge in [-0.05, 0) is 26.4 Å². The van der Waals surface area contributed by atoms with Gasteiger partial charge >= 0.3 is 0 Å². The topological polar surface area (TPSA) is 36.0 Å². The molecule has 2 saturated heterocycles. The van der Waals surface area contributed by atoms with Crippen molar-refractivity contribution in [1.29, 1.82) is 0 Å². The second kappa shape index (κ2) is 8.11. The molecule has 2 aliphatic rings. The number of piperazine rings is 1. The van der Waals surface area contributed by atoms with E-state index < -0.39 is 0 Å². The van der Waals surface area contributed by atoms with Gasteiger partial charge in [0.2, 0.25) is 5.91 Å². The van der Waals surface area contributed by atoms with Gasteiger partial charge in [0.05, 0.1) is 12.5 Å². The molecule has 0 aromatic carbocycles. The molecule has 122 valence electrons. The molecule has 0 aromatic heterocycles. The van der Waals surface area contributed by atoms with Gasteiger partial charge in [0.25, 0.3) is 0 Å². The number of hydrogen-bond acceptors (Lipinski definition) is 4. The van der Waals surface area contributed by atoms with Crippen molar-refractivity contribution in [3.8, 4) is 0 Å². The molecule has 0 N–H and O–H groups in total. The fourth-order valence-corrected chi connectivity index (χ4v) is 3.46. The maximum absolute atomic E-state index is 12.3. The number of likely N-dealkylation sites (N-methyl/N-ethyl adjacent to an activating group) is 1. The molecule has 2 aliphatic heterocycles. The monoisotopic (exact) mass is 297 g/mol. The van der Waals surface area contributed by atoms with Crippen LogP contribution in [-0.4, -0.2) is 86.7 Å². The van der Waals surface area contributed by atoms with E-state index in [1.54, 1.807) is 7.11 Å². The van der Waals surface area contributed by atoms with Crippen LogP contribution in [0.5, 0.6) is 0 Å². The first-order valence-corrected chi connectivity index (χ1v) is 8.32. The normalized spacial score (nSPS) is 26.8. The van der Waals surface area contributed by atoms with Crippen LogP contribution < -0.4 is 0 Å². The maximum atomic E-state index is 12.3. The summed E-state index contributed by atoms with van der Waals surface area (Å²) in [6.07, 6.45) is 4.02. The molecule has 21 heavy (non-hydrogen) atoms. The van der Waals surface area contributed by atoms with Crippen LogP contribution in [-0.2, 0) is 9.53 Å². The maximum Gasteiger partial charge on any atom is 0.227 e. The average molecular weight is 297 g/mol. The van der Waals surface area contributed by atoms with E-state index in [-0.39, 0.29) is 11.8 Å². The number of piperidine rings is 1. The van der Waals surface area contributed by atoms with Gasteiger partial charge in [-0.25, -0.2) is 0 Å². The highest BCUT2D eigenvalue weighted by molar-refractivity contribution is 5.78. The molecule has 5 nitrogen and oxygen atoms in total. The molecule has 0 radical (unpaired) electrons. The van der Waals surface area contributed by atoms with Crippen molar-refractivity contribution in [2.24, 2.45) is 5.92 Å². The van der Waals surface area contributed by atoms with Crippen LogP contribution in [0.3, 0.4) is 0 Å². The van der Waals surface area contributed by atoms with E-state index in [1.165, 1.54) is 25.8 Å². The summed E-state index contributed by atoms with van der Waals surface area (Å²) in [5.41, 5.74) is 0. The van der Waals surface area contributed by atoms with E-state index in [1.807, 2.05) is 11.8 Å². The largest absolute Gasteiger partial charge is 0.384 e. The molecule has 0 aromatic rings. The molecule has 2 rings (SSSR count). The number of likely N-dealkylation sites (tertiary alicyclic amines) is 1. The first-order valence-electron chi connectivity index (χ1n) is 8.32. The van der Waals surface area contributed by atoms with Crippen LogP contribution in [0.4, 0.5) is 0 Å². The Morgan fingerprint density at radius 3 is 2.52 bits per heavy atom. The molecule has 2 fully saturated rings. The van der Waals surface area contributed by atoms with Gasteiger partial charge in [-0.15, -0.1) is 0 Å². The summed E-state index contributed by atoms with van der Waals surface area (Å²) in [7, 11) is 3.90. The fraction of sp³-hybridized carbons (Fsp3) is 0.938. The lowest BCUT2D eigenvalue weighted by Crippen LogP contribution is -2.54. The summed E-state index contributed by atoms with van der Waals surface area (Å²) in [6, 6.07) is 0.702. The van der Waals surface area contributed by atoms with Crippen molar-refractivity contribution in [1.82, 2.24) is 14.7 Å². The Morgan fingerprint density at radius 1 is 1.19 bits per heavy atom. The summed E-state index contributed by atoms with van der Waals surface area (Å²) in [5.74, 6) is 0.220. The minimum Gasteiger partial charge on any atom is -0.384 e. The van der Waals surface area contributed by atoms with Crippen LogP contribution in [0.2, 0.25) is 0 Å². The standard InChI is InChI=1S/C16H31N3O2/c1-14(13-21-3)16(20)19-10-8-18(9-11-19)12-15-6-4-5-7-17(15)2/h14-15H,4-13H2,1-3H3/t14-,15-/m1/s1. The summed E-state index contributed by atoms with van der Waals surface area (Å²) in [6.45, 7) is 8.61. The third-order valence-electron chi connectivity index (χ3n) is 4.91. The molecule has 1 amide bonds. The summed E-state index contributed by atoms with van der Waals surface area (Å²) in [5, 5.41) is 0. The smallest absolute Gasteiger partial charge is 0.227 e. The SMILES string of the molecule is COC[C@@H](C)C(=O)N1CCN(C[C@H]2CCCCN2C)CC1. The van der Waals surface area contributed by atoms with Crippen molar-refractivity contribution in [2.75, 3.05) is 60.0 Å². The van der Waals surface area contributed by atoms with E-state index in [2.05, 4.69) is 16.8 Å². The van der Waals surface area contributed by atoms with Crippen molar-refractivity contribution in [3.63, 3.8) is 0 Å². The summed E-state index contributed by atoms with van der Waals surface area (Å²) < 4.78 is 5.09. The zero-order valence-corrected chi connectivity index (χ0v) is 13.9. The van der Waals surface area contributed by atoms with Gasteiger partial charge < -0.3 is 14.5 Å². The van der Waals surface area contributed by atoms with Crippen LogP contribution in [0.15, 0.2) is 0 Å². The van der Waals surface area contributed by atoms with Crippen LogP contribution in [0.1, 0.15) is 26.2 Å². The van der Waals surface area contributed by atoms with Gasteiger partial charge in [0, 0.05) is 45.9 Å². The van der Waals surface area contributed by atoms with Crippen LogP contribution in [0, 0.1) is 5.92 Å². The summed E-state index contributed by atoms with van der Waals surface area (Å²) >= 11 is 0. The number of hydrogen-bond donors (Lipinski definition) is 0. The van der Waals surface area contributed by atoms with E-state index in [9.17, 15) is 4.79 Å². The Bertz CT molecular complexity index is 329. The lowest BCUT2D eigenvalue weighted by atomic mass is 10.0. The molecular weight excluding hydrogens is 266 g/mol. The number of carbonyl (C=O) groups excluding carboxylic acids is 1. The first kappa shape index (κ1) is 16.7. The third kappa shape index (κ3) is 4.66. The number of nitrogens with zero attached hydrogens (tertiary/aromatic N) is 3. The number of rotatable bonds is 5. The summed E-state index contributed by atoms with van der Waals surface area (Å²) in [4.78, 5) is 19.3. The minimum absolute atomic E-state index is 0.0222.